The summed E-state index contributed by atoms with van der Waals surface area (Å²) in [5.74, 6) is 1.99. The molecule has 0 spiro atoms. The predicted octanol–water partition coefficient (Wildman–Crippen LogP) is 3.82. The highest BCUT2D eigenvalue weighted by atomic mass is 16.2. The van der Waals surface area contributed by atoms with E-state index < -0.39 is 0 Å². The Labute approximate surface area is 173 Å². The Morgan fingerprint density at radius 2 is 1.21 bits per heavy atom. The second kappa shape index (κ2) is 7.92. The van der Waals surface area contributed by atoms with Crippen LogP contribution in [0.3, 0.4) is 0 Å². The summed E-state index contributed by atoms with van der Waals surface area (Å²) in [6.45, 7) is 8.49. The molecule has 0 bridgehead atoms. The minimum atomic E-state index is -0.148. The molecule has 6 atom stereocenters. The molecule has 2 aliphatic heterocycles. The fourth-order valence-corrected chi connectivity index (χ4v) is 6.23. The van der Waals surface area contributed by atoms with Gasteiger partial charge in [0.1, 0.15) is 0 Å². The second-order valence-corrected chi connectivity index (χ2v) is 9.60. The largest absolute Gasteiger partial charge is 0.306 e. The van der Waals surface area contributed by atoms with Crippen LogP contribution in [0.2, 0.25) is 0 Å². The maximum atomic E-state index is 12.2. The van der Waals surface area contributed by atoms with Crippen LogP contribution in [0.25, 0.3) is 0 Å². The van der Waals surface area contributed by atoms with Gasteiger partial charge in [0.25, 0.3) is 17.7 Å². The standard InChI is InChI=1S/C24H32N2O3/c1-15-12-18(5-7-20(15)25-17(3)4-9-22(25)27)14-19-6-8-21(16(2)13-19)26-23(28)10-11-24(26)29/h4,9-11,15-16,18-21H,3,5-8,12-14H2,1-2H3. The Morgan fingerprint density at radius 1 is 0.759 bits per heavy atom. The number of hydrogen-bond acceptors (Lipinski definition) is 3. The van der Waals surface area contributed by atoms with Crippen molar-refractivity contribution in [3.05, 3.63) is 36.6 Å². The molecule has 0 N–H and O–H groups in total. The van der Waals surface area contributed by atoms with Crippen LogP contribution in [0.4, 0.5) is 0 Å². The minimum absolute atomic E-state index is 0.0515. The van der Waals surface area contributed by atoms with Gasteiger partial charge in [-0.05, 0) is 74.7 Å². The van der Waals surface area contributed by atoms with Gasteiger partial charge in [-0.25, -0.2) is 0 Å². The molecule has 2 aliphatic carbocycles. The summed E-state index contributed by atoms with van der Waals surface area (Å²) in [5, 5.41) is 0. The Morgan fingerprint density at radius 3 is 1.66 bits per heavy atom. The van der Waals surface area contributed by atoms with Gasteiger partial charge in [-0.2, -0.15) is 0 Å². The fraction of sp³-hybridized carbons (Fsp3) is 0.625. The normalized spacial score (nSPS) is 37.9. The van der Waals surface area contributed by atoms with Crippen LogP contribution in [0.15, 0.2) is 36.6 Å². The quantitative estimate of drug-likeness (QED) is 0.679. The molecule has 2 fully saturated rings. The van der Waals surface area contributed by atoms with Gasteiger partial charge in [0.05, 0.1) is 0 Å². The zero-order chi connectivity index (χ0) is 20.7. The van der Waals surface area contributed by atoms with E-state index in [9.17, 15) is 14.4 Å². The SMILES string of the molecule is C=C1C=CC(=O)N1C1CCC(CC2CCC(N3C(=O)C=CC3=O)C(C)C2)CC1C. The summed E-state index contributed by atoms with van der Waals surface area (Å²) in [5.41, 5.74) is 0.831. The molecule has 4 aliphatic rings. The van der Waals surface area contributed by atoms with E-state index in [0.717, 1.165) is 44.2 Å². The van der Waals surface area contributed by atoms with Crippen LogP contribution in [0.1, 0.15) is 58.8 Å². The second-order valence-electron chi connectivity index (χ2n) is 9.60. The molecular formula is C24H32N2O3. The van der Waals surface area contributed by atoms with Crippen LogP contribution in [-0.4, -0.2) is 39.6 Å². The van der Waals surface area contributed by atoms with Crippen molar-refractivity contribution in [1.82, 2.24) is 9.80 Å². The Kier molecular flexibility index (Phi) is 5.50. The Balaban J connectivity index is 1.29. The average molecular weight is 397 g/mol. The first kappa shape index (κ1) is 20.1. The van der Waals surface area contributed by atoms with E-state index in [4.69, 9.17) is 0 Å². The summed E-state index contributed by atoms with van der Waals surface area (Å²) >= 11 is 0. The van der Waals surface area contributed by atoms with E-state index in [-0.39, 0.29) is 29.8 Å². The molecule has 0 aromatic rings. The van der Waals surface area contributed by atoms with Crippen molar-refractivity contribution in [1.29, 1.82) is 0 Å². The third-order valence-corrected chi connectivity index (χ3v) is 7.60. The van der Waals surface area contributed by atoms with Crippen LogP contribution in [-0.2, 0) is 14.4 Å². The molecule has 29 heavy (non-hydrogen) atoms. The van der Waals surface area contributed by atoms with E-state index in [1.165, 1.54) is 23.5 Å². The number of allylic oxidation sites excluding steroid dienone is 1. The van der Waals surface area contributed by atoms with Crippen molar-refractivity contribution >= 4 is 17.7 Å². The summed E-state index contributed by atoms with van der Waals surface area (Å²) in [6, 6.07) is 0.325. The Hall–Kier alpha value is -2.17. The van der Waals surface area contributed by atoms with E-state index in [0.29, 0.717) is 23.7 Å². The first-order valence-corrected chi connectivity index (χ1v) is 11.1. The number of hydrogen-bond donors (Lipinski definition) is 0. The Bertz CT molecular complexity index is 683. The molecule has 156 valence electrons. The van der Waals surface area contributed by atoms with E-state index in [2.05, 4.69) is 20.4 Å². The number of rotatable bonds is 4. The first-order chi connectivity index (χ1) is 13.8. The lowest BCUT2D eigenvalue weighted by Gasteiger charge is -2.42. The lowest BCUT2D eigenvalue weighted by Crippen LogP contribution is -2.46. The van der Waals surface area contributed by atoms with Crippen molar-refractivity contribution < 1.29 is 14.4 Å². The van der Waals surface area contributed by atoms with Crippen molar-refractivity contribution in [3.63, 3.8) is 0 Å². The molecule has 5 nitrogen and oxygen atoms in total. The van der Waals surface area contributed by atoms with Crippen LogP contribution in [0.5, 0.6) is 0 Å². The zero-order valence-electron chi connectivity index (χ0n) is 17.5. The third kappa shape index (κ3) is 3.84. The van der Waals surface area contributed by atoms with Gasteiger partial charge in [-0.1, -0.05) is 20.4 Å². The number of carbonyl (C=O) groups is 3. The summed E-state index contributed by atoms with van der Waals surface area (Å²) in [6.07, 6.45) is 13.9. The van der Waals surface area contributed by atoms with Crippen molar-refractivity contribution in [3.8, 4) is 0 Å². The van der Waals surface area contributed by atoms with Gasteiger partial charge < -0.3 is 4.90 Å². The molecule has 6 unspecified atom stereocenters. The number of carbonyl (C=O) groups excluding carboxylic acids is 3. The van der Waals surface area contributed by atoms with Gasteiger partial charge in [0, 0.05) is 36.0 Å². The molecule has 0 saturated heterocycles. The third-order valence-electron chi connectivity index (χ3n) is 7.60. The molecule has 4 rings (SSSR count). The maximum absolute atomic E-state index is 12.2. The lowest BCUT2D eigenvalue weighted by molar-refractivity contribution is -0.141. The maximum Gasteiger partial charge on any atom is 0.253 e. The van der Waals surface area contributed by atoms with Gasteiger partial charge in [-0.3, -0.25) is 19.3 Å². The molecule has 2 saturated carbocycles. The summed E-state index contributed by atoms with van der Waals surface area (Å²) in [4.78, 5) is 39.6. The predicted molar refractivity (Wildman–Crippen MR) is 111 cm³/mol. The molecule has 2 heterocycles. The highest BCUT2D eigenvalue weighted by Crippen LogP contribution is 2.42. The summed E-state index contributed by atoms with van der Waals surface area (Å²) < 4.78 is 0. The first-order valence-electron chi connectivity index (χ1n) is 11.1. The highest BCUT2D eigenvalue weighted by Gasteiger charge is 2.40. The lowest BCUT2D eigenvalue weighted by atomic mass is 9.70. The van der Waals surface area contributed by atoms with Crippen LogP contribution in [0, 0.1) is 23.7 Å². The van der Waals surface area contributed by atoms with Gasteiger partial charge in [0.2, 0.25) is 0 Å². The van der Waals surface area contributed by atoms with E-state index in [1.54, 1.807) is 6.08 Å². The number of imide groups is 1. The topological polar surface area (TPSA) is 57.7 Å². The van der Waals surface area contributed by atoms with Gasteiger partial charge in [0.15, 0.2) is 0 Å². The minimum Gasteiger partial charge on any atom is -0.306 e. The molecule has 0 radical (unpaired) electrons. The smallest absolute Gasteiger partial charge is 0.253 e. The summed E-state index contributed by atoms with van der Waals surface area (Å²) in [7, 11) is 0. The fourth-order valence-electron chi connectivity index (χ4n) is 6.23. The van der Waals surface area contributed by atoms with E-state index >= 15 is 0 Å². The zero-order valence-corrected chi connectivity index (χ0v) is 17.5. The van der Waals surface area contributed by atoms with Crippen LogP contribution >= 0.6 is 0 Å². The van der Waals surface area contributed by atoms with Crippen molar-refractivity contribution in [2.24, 2.45) is 23.7 Å². The van der Waals surface area contributed by atoms with E-state index in [1.807, 2.05) is 11.0 Å². The molecule has 5 heteroatoms. The molecule has 0 aromatic heterocycles. The number of amides is 3. The number of nitrogens with zero attached hydrogens (tertiary/aromatic N) is 2. The van der Waals surface area contributed by atoms with Gasteiger partial charge in [-0.15, -0.1) is 0 Å². The van der Waals surface area contributed by atoms with Gasteiger partial charge >= 0.3 is 0 Å². The van der Waals surface area contributed by atoms with Crippen molar-refractivity contribution in [2.45, 2.75) is 70.9 Å². The van der Waals surface area contributed by atoms with Crippen LogP contribution < -0.4 is 0 Å². The average Bonchev–Trinajstić information content (AvgIpc) is 3.18. The highest BCUT2D eigenvalue weighted by molar-refractivity contribution is 6.13. The molecular weight excluding hydrogens is 364 g/mol. The molecule has 3 amide bonds. The monoisotopic (exact) mass is 396 g/mol. The van der Waals surface area contributed by atoms with Crippen molar-refractivity contribution in [2.75, 3.05) is 0 Å². The molecule has 0 aromatic carbocycles.